The lowest BCUT2D eigenvalue weighted by Gasteiger charge is -2.42. The minimum atomic E-state index is 0.267. The topological polar surface area (TPSA) is 34.6 Å². The fourth-order valence-electron chi connectivity index (χ4n) is 3.87. The molecule has 0 aliphatic carbocycles. The highest BCUT2D eigenvalue weighted by Crippen LogP contribution is 2.44. The van der Waals surface area contributed by atoms with E-state index in [1.165, 1.54) is 22.3 Å². The van der Waals surface area contributed by atoms with Crippen molar-refractivity contribution in [3.05, 3.63) is 46.6 Å². The minimum absolute atomic E-state index is 0.267. The lowest BCUT2D eigenvalue weighted by molar-refractivity contribution is 0.249. The molecule has 4 nitrogen and oxygen atoms in total. The quantitative estimate of drug-likeness (QED) is 0.809. The summed E-state index contributed by atoms with van der Waals surface area (Å²) in [6, 6.07) is 6.61. The van der Waals surface area contributed by atoms with Crippen LogP contribution in [0.3, 0.4) is 0 Å². The van der Waals surface area contributed by atoms with Gasteiger partial charge < -0.3 is 14.4 Å². The molecule has 4 heteroatoms. The number of benzene rings is 1. The van der Waals surface area contributed by atoms with Crippen LogP contribution in [0.1, 0.15) is 28.3 Å². The predicted molar refractivity (Wildman–Crippen MR) is 86.0 cm³/mol. The van der Waals surface area contributed by atoms with Crippen molar-refractivity contribution in [1.29, 1.82) is 0 Å². The van der Waals surface area contributed by atoms with E-state index in [1.807, 2.05) is 6.07 Å². The summed E-state index contributed by atoms with van der Waals surface area (Å²) >= 11 is 0. The molecular formula is C18H20N2O2. The van der Waals surface area contributed by atoms with E-state index >= 15 is 0 Å². The maximum Gasteiger partial charge on any atom is 0.237 e. The third-order valence-corrected chi connectivity index (χ3v) is 4.85. The van der Waals surface area contributed by atoms with Crippen LogP contribution in [-0.4, -0.2) is 25.2 Å². The third-order valence-electron chi connectivity index (χ3n) is 4.85. The van der Waals surface area contributed by atoms with Gasteiger partial charge in [-0.15, -0.1) is 0 Å². The largest absolute Gasteiger partial charge is 0.496 e. The van der Waals surface area contributed by atoms with E-state index in [0.29, 0.717) is 6.61 Å². The van der Waals surface area contributed by atoms with Crippen molar-refractivity contribution in [3.63, 3.8) is 0 Å². The Hall–Kier alpha value is -2.23. The molecule has 0 saturated heterocycles. The summed E-state index contributed by atoms with van der Waals surface area (Å²) in [6.45, 7) is 5.93. The molecule has 0 N–H and O–H groups in total. The number of fused-ring (bicyclic) bond motifs is 5. The number of nitrogens with zero attached hydrogens (tertiary/aromatic N) is 2. The number of aryl methyl sites for hydroxylation is 1. The molecule has 0 bridgehead atoms. The van der Waals surface area contributed by atoms with E-state index in [1.54, 1.807) is 13.3 Å². The van der Waals surface area contributed by atoms with Gasteiger partial charge in [0, 0.05) is 12.7 Å². The first-order valence-electron chi connectivity index (χ1n) is 7.72. The number of ether oxygens (including phenoxy) is 2. The number of hydrogen-bond donors (Lipinski definition) is 0. The molecule has 1 unspecified atom stereocenters. The molecule has 1 aromatic heterocycles. The van der Waals surface area contributed by atoms with Gasteiger partial charge in [-0.25, -0.2) is 4.98 Å². The van der Waals surface area contributed by atoms with Crippen LogP contribution >= 0.6 is 0 Å². The Labute approximate surface area is 130 Å². The third kappa shape index (κ3) is 1.79. The van der Waals surface area contributed by atoms with Gasteiger partial charge in [-0.2, -0.15) is 0 Å². The van der Waals surface area contributed by atoms with Gasteiger partial charge in [0.1, 0.15) is 18.0 Å². The number of hydrogen-bond acceptors (Lipinski definition) is 4. The zero-order valence-corrected chi connectivity index (χ0v) is 13.2. The van der Waals surface area contributed by atoms with Crippen molar-refractivity contribution in [2.24, 2.45) is 0 Å². The summed E-state index contributed by atoms with van der Waals surface area (Å²) in [7, 11) is 1.75. The second-order valence-corrected chi connectivity index (χ2v) is 6.02. The van der Waals surface area contributed by atoms with E-state index in [4.69, 9.17) is 9.47 Å². The first-order valence-corrected chi connectivity index (χ1v) is 7.72. The average molecular weight is 296 g/mol. The zero-order valence-electron chi connectivity index (χ0n) is 13.2. The van der Waals surface area contributed by atoms with Crippen LogP contribution in [0, 0.1) is 13.8 Å². The second kappa shape index (κ2) is 4.90. The summed E-state index contributed by atoms with van der Waals surface area (Å²) in [6.07, 6.45) is 2.82. The standard InChI is InChI=1S/C18H20N2O2/c1-11-9-14-13(12(2)17(11)21-3)6-8-20-15-5-4-7-19-18(15)22-10-16(14)20/h4-5,7,9,16H,6,8,10H2,1-3H3. The van der Waals surface area contributed by atoms with E-state index in [-0.39, 0.29) is 6.04 Å². The number of anilines is 1. The van der Waals surface area contributed by atoms with Crippen LogP contribution in [0.25, 0.3) is 0 Å². The Morgan fingerprint density at radius 3 is 3.05 bits per heavy atom. The van der Waals surface area contributed by atoms with Crippen molar-refractivity contribution in [3.8, 4) is 11.6 Å². The van der Waals surface area contributed by atoms with E-state index < -0.39 is 0 Å². The highest BCUT2D eigenvalue weighted by atomic mass is 16.5. The predicted octanol–water partition coefficient (Wildman–Crippen LogP) is 3.20. The van der Waals surface area contributed by atoms with E-state index in [0.717, 1.165) is 30.3 Å². The molecule has 22 heavy (non-hydrogen) atoms. The van der Waals surface area contributed by atoms with Crippen LogP contribution in [0.5, 0.6) is 11.6 Å². The van der Waals surface area contributed by atoms with Crippen LogP contribution in [0.15, 0.2) is 24.4 Å². The van der Waals surface area contributed by atoms with Gasteiger partial charge in [0.05, 0.1) is 13.2 Å². The van der Waals surface area contributed by atoms with Crippen molar-refractivity contribution in [2.45, 2.75) is 26.3 Å². The Balaban J connectivity index is 1.84. The van der Waals surface area contributed by atoms with Gasteiger partial charge in [-0.05, 0) is 60.7 Å². The molecule has 0 amide bonds. The van der Waals surface area contributed by atoms with Gasteiger partial charge in [0.25, 0.3) is 0 Å². The highest BCUT2D eigenvalue weighted by molar-refractivity contribution is 5.62. The zero-order chi connectivity index (χ0) is 15.3. The van der Waals surface area contributed by atoms with Crippen molar-refractivity contribution >= 4 is 5.69 Å². The molecule has 1 aromatic carbocycles. The average Bonchev–Trinajstić information content (AvgIpc) is 2.54. The van der Waals surface area contributed by atoms with Gasteiger partial charge in [-0.1, -0.05) is 0 Å². The Morgan fingerprint density at radius 1 is 1.36 bits per heavy atom. The van der Waals surface area contributed by atoms with Gasteiger partial charge in [0.15, 0.2) is 0 Å². The van der Waals surface area contributed by atoms with E-state index in [9.17, 15) is 0 Å². The number of aromatic nitrogens is 1. The van der Waals surface area contributed by atoms with Gasteiger partial charge in [-0.3, -0.25) is 0 Å². The summed E-state index contributed by atoms with van der Waals surface area (Å²) in [5.41, 5.74) is 6.36. The Kier molecular flexibility index (Phi) is 2.99. The molecule has 2 aliphatic rings. The summed E-state index contributed by atoms with van der Waals surface area (Å²) in [4.78, 5) is 6.77. The number of methoxy groups -OCH3 is 1. The number of rotatable bonds is 1. The maximum absolute atomic E-state index is 5.90. The summed E-state index contributed by atoms with van der Waals surface area (Å²) in [5, 5.41) is 0. The van der Waals surface area contributed by atoms with Crippen LogP contribution in [0.4, 0.5) is 5.69 Å². The molecule has 4 rings (SSSR count). The smallest absolute Gasteiger partial charge is 0.237 e. The fraction of sp³-hybridized carbons (Fsp3) is 0.389. The minimum Gasteiger partial charge on any atom is -0.496 e. The Morgan fingerprint density at radius 2 is 2.23 bits per heavy atom. The molecule has 0 radical (unpaired) electrons. The normalized spacial score (nSPS) is 18.9. The van der Waals surface area contributed by atoms with Gasteiger partial charge >= 0.3 is 0 Å². The molecule has 0 spiro atoms. The molecule has 1 atom stereocenters. The SMILES string of the molecule is COc1c(C)cc2c(c1C)CCN1c3cccnc3OCC21. The first kappa shape index (κ1) is 13.4. The molecule has 0 fully saturated rings. The molecule has 0 saturated carbocycles. The fourth-order valence-corrected chi connectivity index (χ4v) is 3.87. The van der Waals surface area contributed by atoms with Crippen molar-refractivity contribution < 1.29 is 9.47 Å². The molecule has 2 aliphatic heterocycles. The Bertz CT molecular complexity index is 742. The van der Waals surface area contributed by atoms with Crippen LogP contribution < -0.4 is 14.4 Å². The summed E-state index contributed by atoms with van der Waals surface area (Å²) < 4.78 is 11.5. The molecule has 3 heterocycles. The number of pyridine rings is 1. The first-order chi connectivity index (χ1) is 10.7. The second-order valence-electron chi connectivity index (χ2n) is 6.02. The van der Waals surface area contributed by atoms with E-state index in [2.05, 4.69) is 35.9 Å². The van der Waals surface area contributed by atoms with Gasteiger partial charge in [0.2, 0.25) is 5.88 Å². The van der Waals surface area contributed by atoms with Crippen molar-refractivity contribution in [1.82, 2.24) is 4.98 Å². The molecule has 2 aromatic rings. The summed E-state index contributed by atoms with van der Waals surface area (Å²) in [5.74, 6) is 1.77. The lowest BCUT2D eigenvalue weighted by Crippen LogP contribution is -2.42. The van der Waals surface area contributed by atoms with Crippen LogP contribution in [-0.2, 0) is 6.42 Å². The maximum atomic E-state index is 5.90. The van der Waals surface area contributed by atoms with Crippen LogP contribution in [0.2, 0.25) is 0 Å². The lowest BCUT2D eigenvalue weighted by atomic mass is 9.86. The van der Waals surface area contributed by atoms with Crippen molar-refractivity contribution in [2.75, 3.05) is 25.2 Å². The highest BCUT2D eigenvalue weighted by Gasteiger charge is 2.35. The monoisotopic (exact) mass is 296 g/mol. The molecular weight excluding hydrogens is 276 g/mol. The molecule has 114 valence electrons.